The third kappa shape index (κ3) is 6.33. The van der Waals surface area contributed by atoms with E-state index in [0.717, 1.165) is 28.3 Å². The van der Waals surface area contributed by atoms with Gasteiger partial charge in [-0.05, 0) is 96.3 Å². The molecule has 244 valence electrons. The Kier molecular flexibility index (Phi) is 8.43. The predicted molar refractivity (Wildman–Crippen MR) is 189 cm³/mol. The van der Waals surface area contributed by atoms with Crippen LogP contribution in [0.1, 0.15) is 25.0 Å². The highest BCUT2D eigenvalue weighted by Gasteiger charge is 2.33. The first-order chi connectivity index (χ1) is 22.6. The van der Waals surface area contributed by atoms with Crippen LogP contribution in [0, 0.1) is 5.82 Å². The molecule has 0 bridgehead atoms. The first kappa shape index (κ1) is 33.0. The van der Waals surface area contributed by atoms with Gasteiger partial charge >= 0.3 is 0 Å². The van der Waals surface area contributed by atoms with E-state index in [0.29, 0.717) is 33.5 Å². The summed E-state index contributed by atoms with van der Waals surface area (Å²) < 4.78 is 64.3. The fraction of sp³-hybridized carbons (Fsp3) is 0.158. The summed E-state index contributed by atoms with van der Waals surface area (Å²) >= 11 is 0. The molecule has 0 saturated heterocycles. The molecule has 6 rings (SSSR count). The number of benzene rings is 4. The van der Waals surface area contributed by atoms with E-state index in [2.05, 4.69) is 4.98 Å². The van der Waals surface area contributed by atoms with Gasteiger partial charge in [0.05, 0.1) is 27.4 Å². The lowest BCUT2D eigenvalue weighted by Crippen LogP contribution is -2.28. The Labute approximate surface area is 279 Å². The van der Waals surface area contributed by atoms with Crippen molar-refractivity contribution in [1.82, 2.24) is 9.55 Å². The molecule has 0 fully saturated rings. The minimum atomic E-state index is -3.47. The molecule has 0 aliphatic heterocycles. The molecule has 6 aromatic rings. The van der Waals surface area contributed by atoms with Crippen molar-refractivity contribution in [1.29, 1.82) is 0 Å². The Balaban J connectivity index is 1.58. The van der Waals surface area contributed by atoms with E-state index < -0.39 is 24.4 Å². The molecule has 7 nitrogen and oxygen atoms in total. The van der Waals surface area contributed by atoms with E-state index in [1.54, 1.807) is 54.9 Å². The second-order valence-corrected chi connectivity index (χ2v) is 17.0. The standard InChI is InChI=1S/C38H33FN2O5S2/c1-38(2,48(4,45)46)30-22-29-9-6-20-40-36(29)34(23-30)28-8-5-7-27(21-28)33-18-19-35(42)41(24-25-10-14-31(39)15-11-25)37(33)26-12-16-32(17-13-26)47(3,43)44/h5-23H,24H2,1-4H3. The Morgan fingerprint density at radius 2 is 1.40 bits per heavy atom. The summed E-state index contributed by atoms with van der Waals surface area (Å²) in [6.45, 7) is 3.52. The minimum Gasteiger partial charge on any atom is -0.303 e. The van der Waals surface area contributed by atoms with Crippen molar-refractivity contribution in [2.75, 3.05) is 12.5 Å². The summed E-state index contributed by atoms with van der Waals surface area (Å²) in [7, 11) is -6.93. The number of hydrogen-bond acceptors (Lipinski definition) is 6. The van der Waals surface area contributed by atoms with Gasteiger partial charge in [0.2, 0.25) is 0 Å². The summed E-state index contributed by atoms with van der Waals surface area (Å²) in [5, 5.41) is 0.798. The first-order valence-corrected chi connectivity index (χ1v) is 18.9. The molecular weight excluding hydrogens is 648 g/mol. The zero-order valence-electron chi connectivity index (χ0n) is 26.8. The number of sulfone groups is 2. The molecule has 0 saturated carbocycles. The molecule has 2 heterocycles. The van der Waals surface area contributed by atoms with Crippen LogP contribution in [0.5, 0.6) is 0 Å². The number of halogens is 1. The molecular formula is C38H33FN2O5S2. The third-order valence-corrected chi connectivity index (χ3v) is 12.0. The zero-order chi connectivity index (χ0) is 34.4. The minimum absolute atomic E-state index is 0.146. The van der Waals surface area contributed by atoms with Gasteiger partial charge in [-0.3, -0.25) is 9.78 Å². The maximum Gasteiger partial charge on any atom is 0.251 e. The second kappa shape index (κ2) is 12.3. The fourth-order valence-corrected chi connectivity index (χ4v) is 6.92. The van der Waals surface area contributed by atoms with E-state index in [4.69, 9.17) is 0 Å². The molecule has 0 aliphatic rings. The Morgan fingerprint density at radius 3 is 2.04 bits per heavy atom. The van der Waals surface area contributed by atoms with Gasteiger partial charge in [-0.1, -0.05) is 48.5 Å². The van der Waals surface area contributed by atoms with Crippen molar-refractivity contribution >= 4 is 30.6 Å². The van der Waals surface area contributed by atoms with Crippen molar-refractivity contribution in [3.8, 4) is 33.5 Å². The maximum absolute atomic E-state index is 13.7. The van der Waals surface area contributed by atoms with Gasteiger partial charge in [-0.25, -0.2) is 21.2 Å². The maximum atomic E-state index is 13.7. The smallest absolute Gasteiger partial charge is 0.251 e. The van der Waals surface area contributed by atoms with E-state index in [1.807, 2.05) is 48.5 Å². The number of rotatable bonds is 8. The van der Waals surface area contributed by atoms with Crippen molar-refractivity contribution in [2.24, 2.45) is 0 Å². The summed E-state index contributed by atoms with van der Waals surface area (Å²) in [5.41, 5.74) is 5.94. The van der Waals surface area contributed by atoms with Gasteiger partial charge in [0, 0.05) is 41.3 Å². The average molecular weight is 681 g/mol. The van der Waals surface area contributed by atoms with Gasteiger partial charge in [0.15, 0.2) is 19.7 Å². The lowest BCUT2D eigenvalue weighted by atomic mass is 9.91. The van der Waals surface area contributed by atoms with Crippen LogP contribution in [0.4, 0.5) is 4.39 Å². The molecule has 0 aliphatic carbocycles. The number of nitrogens with zero attached hydrogens (tertiary/aromatic N) is 2. The number of fused-ring (bicyclic) bond motifs is 1. The molecule has 0 radical (unpaired) electrons. The molecule has 0 spiro atoms. The highest BCUT2D eigenvalue weighted by molar-refractivity contribution is 7.91. The van der Waals surface area contributed by atoms with Crippen LogP contribution in [0.3, 0.4) is 0 Å². The van der Waals surface area contributed by atoms with Crippen LogP contribution >= 0.6 is 0 Å². The zero-order valence-corrected chi connectivity index (χ0v) is 28.4. The highest BCUT2D eigenvalue weighted by atomic mass is 32.2. The quantitative estimate of drug-likeness (QED) is 0.168. The van der Waals surface area contributed by atoms with Crippen LogP contribution in [-0.2, 0) is 31.0 Å². The topological polar surface area (TPSA) is 103 Å². The van der Waals surface area contributed by atoms with E-state index in [9.17, 15) is 26.0 Å². The normalized spacial score (nSPS) is 12.4. The Morgan fingerprint density at radius 1 is 0.729 bits per heavy atom. The molecule has 0 amide bonds. The molecule has 0 N–H and O–H groups in total. The Hall–Kier alpha value is -4.93. The molecule has 10 heteroatoms. The largest absolute Gasteiger partial charge is 0.303 e. The van der Waals surface area contributed by atoms with Crippen LogP contribution < -0.4 is 5.56 Å². The lowest BCUT2D eigenvalue weighted by molar-refractivity contribution is 0.561. The van der Waals surface area contributed by atoms with Crippen molar-refractivity contribution < 1.29 is 21.2 Å². The molecule has 0 atom stereocenters. The molecule has 2 aromatic heterocycles. The van der Waals surface area contributed by atoms with E-state index in [1.165, 1.54) is 36.6 Å². The van der Waals surface area contributed by atoms with Crippen LogP contribution in [0.25, 0.3) is 44.4 Å². The molecule has 48 heavy (non-hydrogen) atoms. The second-order valence-electron chi connectivity index (χ2n) is 12.4. The van der Waals surface area contributed by atoms with Gasteiger partial charge in [-0.15, -0.1) is 0 Å². The summed E-state index contributed by atoms with van der Waals surface area (Å²) in [6.07, 6.45) is 4.06. The summed E-state index contributed by atoms with van der Waals surface area (Å²) in [4.78, 5) is 18.3. The van der Waals surface area contributed by atoms with Crippen molar-refractivity contribution in [3.05, 3.63) is 143 Å². The summed E-state index contributed by atoms with van der Waals surface area (Å²) in [6, 6.07) is 30.7. The Bertz CT molecular complexity index is 2470. The van der Waals surface area contributed by atoms with Gasteiger partial charge in [-0.2, -0.15) is 0 Å². The van der Waals surface area contributed by atoms with Gasteiger partial charge in [0.25, 0.3) is 5.56 Å². The molecule has 0 unspecified atom stereocenters. The molecule has 4 aromatic carbocycles. The van der Waals surface area contributed by atoms with Crippen molar-refractivity contribution in [3.63, 3.8) is 0 Å². The highest BCUT2D eigenvalue weighted by Crippen LogP contribution is 2.39. The van der Waals surface area contributed by atoms with E-state index in [-0.39, 0.29) is 22.8 Å². The first-order valence-electron chi connectivity index (χ1n) is 15.1. The average Bonchev–Trinajstić information content (AvgIpc) is 3.05. The van der Waals surface area contributed by atoms with Crippen LogP contribution in [-0.4, -0.2) is 38.9 Å². The number of hydrogen-bond donors (Lipinski definition) is 0. The fourth-order valence-electron chi connectivity index (χ4n) is 5.74. The SMILES string of the molecule is CC(C)(c1cc(-c2cccc(-c3ccc(=O)n(Cc4ccc(F)cc4)c3-c3ccc(S(C)(=O)=O)cc3)c2)c2ncccc2c1)S(C)(=O)=O. The number of pyridine rings is 2. The van der Waals surface area contributed by atoms with E-state index >= 15 is 0 Å². The van der Waals surface area contributed by atoms with Crippen LogP contribution in [0.2, 0.25) is 0 Å². The van der Waals surface area contributed by atoms with Crippen LogP contribution in [0.15, 0.2) is 125 Å². The summed E-state index contributed by atoms with van der Waals surface area (Å²) in [5.74, 6) is -0.390. The lowest BCUT2D eigenvalue weighted by Gasteiger charge is -2.24. The van der Waals surface area contributed by atoms with Crippen molar-refractivity contribution in [2.45, 2.75) is 30.0 Å². The predicted octanol–water partition coefficient (Wildman–Crippen LogP) is 7.27. The monoisotopic (exact) mass is 680 g/mol. The third-order valence-electron chi connectivity index (χ3n) is 8.81. The van der Waals surface area contributed by atoms with Gasteiger partial charge in [0.1, 0.15) is 5.82 Å². The number of aromatic nitrogens is 2. The van der Waals surface area contributed by atoms with Gasteiger partial charge < -0.3 is 4.57 Å².